The van der Waals surface area contributed by atoms with Crippen LogP contribution < -0.4 is 0 Å². The topological polar surface area (TPSA) is 0 Å². The monoisotopic (exact) mass is 264 g/mol. The summed E-state index contributed by atoms with van der Waals surface area (Å²) < 4.78 is 100. The lowest BCUT2D eigenvalue weighted by atomic mass is 9.90. The molecule has 0 fully saturated rings. The Bertz CT molecular complexity index is 1440. The summed E-state index contributed by atoms with van der Waals surface area (Å²) in [6, 6.07) is -6.17. The van der Waals surface area contributed by atoms with Crippen LogP contribution in [0.25, 0.3) is 43.1 Å². The summed E-state index contributed by atoms with van der Waals surface area (Å²) in [5.41, 5.74) is 0. The summed E-state index contributed by atoms with van der Waals surface area (Å²) in [7, 11) is 0. The molecule has 20 heavy (non-hydrogen) atoms. The quantitative estimate of drug-likeness (QED) is 0.247. The second-order valence-electron chi connectivity index (χ2n) is 4.50. The molecule has 0 saturated carbocycles. The highest BCUT2D eigenvalue weighted by molar-refractivity contribution is 6.32. The largest absolute Gasteiger partial charge is 0.0629 e. The van der Waals surface area contributed by atoms with Gasteiger partial charge in [0, 0.05) is 0 Å². The van der Waals surface area contributed by atoms with E-state index in [9.17, 15) is 0 Å². The molecule has 0 aliphatic rings. The van der Waals surface area contributed by atoms with Gasteiger partial charge in [0.1, 0.15) is 0 Å². The minimum absolute atomic E-state index is 0.0212. The molecule has 0 radical (unpaired) electrons. The molecule has 0 N–H and O–H groups in total. The molecule has 0 aromatic heterocycles. The van der Waals surface area contributed by atoms with E-state index in [-0.39, 0.29) is 43.1 Å². The van der Waals surface area contributed by atoms with Crippen molar-refractivity contribution in [2.45, 2.75) is 0 Å². The lowest BCUT2D eigenvalue weighted by Gasteiger charge is -2.13. The van der Waals surface area contributed by atoms with Crippen molar-refractivity contribution in [3.8, 4) is 0 Å². The lowest BCUT2D eigenvalue weighted by Crippen LogP contribution is -1.85. The molecule has 0 spiro atoms. The Kier molecular flexibility index (Phi) is 0.731. The molecule has 0 aliphatic heterocycles. The molecule has 5 aromatic rings. The predicted octanol–water partition coefficient (Wildman–Crippen LogP) is 5.74. The molecule has 0 atom stereocenters. The predicted molar refractivity (Wildman–Crippen MR) is 87.7 cm³/mol. The molecule has 0 nitrogen and oxygen atoms in total. The SMILES string of the molecule is [2H]c1c([2H])c2c([2H])c([2H])c([2H])c3c4c([2H])c([2H])c([2H])c5c([2H])c([2H])c([2H])c(c(c1[2H])c23)c54. The van der Waals surface area contributed by atoms with Gasteiger partial charge < -0.3 is 0 Å². The minimum atomic E-state index is -0.559. The minimum Gasteiger partial charge on any atom is -0.0610 e. The molecule has 0 unspecified atom stereocenters. The summed E-state index contributed by atoms with van der Waals surface area (Å²) in [6.07, 6.45) is 0. The van der Waals surface area contributed by atoms with Crippen molar-refractivity contribution < 1.29 is 16.4 Å². The fraction of sp³-hybridized carbons (Fsp3) is 0. The van der Waals surface area contributed by atoms with Gasteiger partial charge in [0.05, 0.1) is 16.4 Å². The fourth-order valence-electron chi connectivity index (χ4n) is 2.69. The highest BCUT2D eigenvalue weighted by Gasteiger charge is 2.11. The maximum absolute atomic E-state index is 8.52. The molecule has 0 amide bonds. The van der Waals surface area contributed by atoms with E-state index >= 15 is 0 Å². The van der Waals surface area contributed by atoms with Gasteiger partial charge in [0.15, 0.2) is 0 Å². The molecule has 92 valence electrons. The molecule has 0 heterocycles. The van der Waals surface area contributed by atoms with Crippen LogP contribution in [0.15, 0.2) is 72.5 Å². The molecule has 5 rings (SSSR count). The smallest absolute Gasteiger partial charge is 0.0610 e. The van der Waals surface area contributed by atoms with E-state index in [0.717, 1.165) is 0 Å². The average Bonchev–Trinajstić information content (AvgIpc) is 2.76. The van der Waals surface area contributed by atoms with Crippen molar-refractivity contribution in [2.24, 2.45) is 0 Å². The van der Waals surface area contributed by atoms with Crippen molar-refractivity contribution in [1.82, 2.24) is 0 Å². The number of hydrogen-bond donors (Lipinski definition) is 0. The van der Waals surface area contributed by atoms with E-state index in [4.69, 9.17) is 16.4 Å². The molecule has 0 saturated heterocycles. The number of rotatable bonds is 0. The Morgan fingerprint density at radius 3 is 1.05 bits per heavy atom. The first-order valence-electron chi connectivity index (χ1n) is 12.0. The summed E-state index contributed by atoms with van der Waals surface area (Å²) in [4.78, 5) is 0. The van der Waals surface area contributed by atoms with Crippen LogP contribution in [0.5, 0.6) is 0 Å². The Labute approximate surface area is 133 Å². The van der Waals surface area contributed by atoms with E-state index in [2.05, 4.69) is 0 Å². The van der Waals surface area contributed by atoms with Crippen LogP contribution in [0.3, 0.4) is 0 Å². The molecule has 0 heteroatoms. The van der Waals surface area contributed by atoms with E-state index in [1.807, 2.05) is 0 Å². The first-order chi connectivity index (χ1) is 14.9. The van der Waals surface area contributed by atoms with Crippen LogP contribution >= 0.6 is 0 Å². The second-order valence-corrected chi connectivity index (χ2v) is 4.50. The maximum atomic E-state index is 8.52. The van der Waals surface area contributed by atoms with Gasteiger partial charge in [-0.05, 0) is 43.1 Å². The molecule has 0 bridgehead atoms. The highest BCUT2D eigenvalue weighted by atomic mass is 14.1. The van der Waals surface area contributed by atoms with Gasteiger partial charge in [0.2, 0.25) is 0 Å². The number of hydrogen-bond acceptors (Lipinski definition) is 0. The Morgan fingerprint density at radius 1 is 0.450 bits per heavy atom. The van der Waals surface area contributed by atoms with Crippen LogP contribution in [-0.2, 0) is 0 Å². The molecular formula is C20H12. The van der Waals surface area contributed by atoms with E-state index in [1.54, 1.807) is 0 Å². The third-order valence-corrected chi connectivity index (χ3v) is 3.50. The number of fused-ring (bicyclic) bond motifs is 2. The van der Waals surface area contributed by atoms with Crippen LogP contribution in [0, 0.1) is 0 Å². The summed E-state index contributed by atoms with van der Waals surface area (Å²) in [5.74, 6) is 0. The van der Waals surface area contributed by atoms with Gasteiger partial charge in [-0.1, -0.05) is 72.5 Å². The first-order valence-corrected chi connectivity index (χ1v) is 6.00. The van der Waals surface area contributed by atoms with E-state index < -0.39 is 72.5 Å². The van der Waals surface area contributed by atoms with Crippen LogP contribution in [-0.4, -0.2) is 0 Å². The van der Waals surface area contributed by atoms with Gasteiger partial charge in [-0.2, -0.15) is 0 Å². The Balaban J connectivity index is 2.44. The van der Waals surface area contributed by atoms with Crippen molar-refractivity contribution >= 4 is 43.1 Å². The summed E-state index contributed by atoms with van der Waals surface area (Å²) in [6.45, 7) is 0. The highest BCUT2D eigenvalue weighted by Crippen LogP contribution is 2.39. The number of benzene rings is 5. The van der Waals surface area contributed by atoms with Crippen molar-refractivity contribution in [2.75, 3.05) is 0 Å². The van der Waals surface area contributed by atoms with Crippen molar-refractivity contribution in [3.63, 3.8) is 0 Å². The van der Waals surface area contributed by atoms with E-state index in [1.165, 1.54) is 0 Å². The zero-order chi connectivity index (χ0) is 23.5. The summed E-state index contributed by atoms with van der Waals surface area (Å²) >= 11 is 0. The van der Waals surface area contributed by atoms with E-state index in [0.29, 0.717) is 0 Å². The van der Waals surface area contributed by atoms with Gasteiger partial charge >= 0.3 is 0 Å². The fourth-order valence-corrected chi connectivity index (χ4v) is 2.69. The average molecular weight is 264 g/mol. The normalized spacial score (nSPS) is 20.4. The third kappa shape index (κ3) is 1.12. The van der Waals surface area contributed by atoms with Crippen molar-refractivity contribution in [3.05, 3.63) is 72.5 Å². The summed E-state index contributed by atoms with van der Waals surface area (Å²) in [5, 5.41) is -0.777. The standard InChI is InChI=1S/C20H12/c1-5-13-6-2-11-17-18-12-4-8-14-7-3-10-16(20(14)18)15(9-1)19(13)17/h1-12H/i1D,2D,3D,4D,5D,6D,7D,8D,9D,10D,11D,12D. The zero-order valence-corrected chi connectivity index (χ0v) is 10.0. The Hall–Kier alpha value is -2.60. The third-order valence-electron chi connectivity index (χ3n) is 3.50. The van der Waals surface area contributed by atoms with Gasteiger partial charge in [0.25, 0.3) is 0 Å². The van der Waals surface area contributed by atoms with Gasteiger partial charge in [-0.25, -0.2) is 0 Å². The molecule has 5 aromatic carbocycles. The van der Waals surface area contributed by atoms with Crippen LogP contribution in [0.2, 0.25) is 0 Å². The van der Waals surface area contributed by atoms with Crippen LogP contribution in [0.1, 0.15) is 16.4 Å². The van der Waals surface area contributed by atoms with Gasteiger partial charge in [-0.3, -0.25) is 0 Å². The Morgan fingerprint density at radius 2 is 0.750 bits per heavy atom. The molecular weight excluding hydrogens is 240 g/mol. The lowest BCUT2D eigenvalue weighted by molar-refractivity contribution is 1.78. The van der Waals surface area contributed by atoms with Gasteiger partial charge in [-0.15, -0.1) is 0 Å². The van der Waals surface area contributed by atoms with Crippen molar-refractivity contribution in [1.29, 1.82) is 0 Å². The first kappa shape index (κ1) is 4.20. The zero-order valence-electron chi connectivity index (χ0n) is 22.0. The molecule has 0 aliphatic carbocycles. The van der Waals surface area contributed by atoms with Crippen LogP contribution in [0.4, 0.5) is 0 Å². The maximum Gasteiger partial charge on any atom is 0.0629 e. The second kappa shape index (κ2) is 3.49.